The average Bonchev–Trinajstić information content (AvgIpc) is 3.69. The van der Waals surface area contributed by atoms with Gasteiger partial charge < -0.3 is 15.1 Å². The molecule has 0 unspecified atom stereocenters. The van der Waals surface area contributed by atoms with Gasteiger partial charge in [0.25, 0.3) is 0 Å². The maximum atomic E-state index is 14.1. The largest absolute Gasteiger partial charge is 0.417 e. The normalized spacial score (nSPS) is 18.2. The summed E-state index contributed by atoms with van der Waals surface area (Å²) in [4.78, 5) is 16.8. The van der Waals surface area contributed by atoms with Gasteiger partial charge in [-0.25, -0.2) is 8.42 Å². The molecule has 3 aliphatic rings. The van der Waals surface area contributed by atoms with E-state index in [4.69, 9.17) is 5.10 Å². The number of amides is 1. The number of carbonyl (C=O) groups is 1. The van der Waals surface area contributed by atoms with E-state index in [2.05, 4.69) is 27.2 Å². The second-order valence-electron chi connectivity index (χ2n) is 13.5. The maximum absolute atomic E-state index is 14.1. The first-order valence-electron chi connectivity index (χ1n) is 17.6. The van der Waals surface area contributed by atoms with Crippen molar-refractivity contribution >= 4 is 27.7 Å². The molecule has 2 saturated heterocycles. The molecular formula is C36H47F3N6O3S2. The summed E-state index contributed by atoms with van der Waals surface area (Å²) in [5, 5.41) is 8.28. The number of alkyl halides is 3. The lowest BCUT2D eigenvalue weighted by molar-refractivity contribution is -0.139. The van der Waals surface area contributed by atoms with Crippen LogP contribution < -0.4 is 5.32 Å². The molecule has 0 bridgehead atoms. The average molecular weight is 733 g/mol. The predicted molar refractivity (Wildman–Crippen MR) is 190 cm³/mol. The van der Waals surface area contributed by atoms with E-state index in [1.165, 1.54) is 34.0 Å². The van der Waals surface area contributed by atoms with Crippen LogP contribution in [0.3, 0.4) is 0 Å². The molecule has 0 atom stereocenters. The summed E-state index contributed by atoms with van der Waals surface area (Å²) in [6.45, 7) is 6.02. The van der Waals surface area contributed by atoms with Gasteiger partial charge in [-0.1, -0.05) is 36.4 Å². The minimum absolute atomic E-state index is 0.137. The first-order chi connectivity index (χ1) is 24.0. The van der Waals surface area contributed by atoms with Crippen LogP contribution in [0.15, 0.2) is 53.4 Å². The Morgan fingerprint density at radius 1 is 0.980 bits per heavy atom. The zero-order chi connectivity index (χ0) is 35.3. The van der Waals surface area contributed by atoms with Crippen molar-refractivity contribution in [3.63, 3.8) is 0 Å². The number of likely N-dealkylation sites (tertiary alicyclic amines) is 2. The molecule has 3 aromatic rings. The Kier molecular flexibility index (Phi) is 11.9. The third kappa shape index (κ3) is 9.11. The molecule has 272 valence electrons. The van der Waals surface area contributed by atoms with Crippen LogP contribution in [0.5, 0.6) is 0 Å². The number of nitrogens with zero attached hydrogens (tertiary/aromatic N) is 5. The Labute approximate surface area is 297 Å². The van der Waals surface area contributed by atoms with E-state index in [9.17, 15) is 26.4 Å². The number of halogens is 3. The number of fused-ring (bicyclic) bond motifs is 1. The molecule has 0 saturated carbocycles. The van der Waals surface area contributed by atoms with E-state index in [0.717, 1.165) is 82.2 Å². The van der Waals surface area contributed by atoms with Gasteiger partial charge in [0.1, 0.15) is 0 Å². The summed E-state index contributed by atoms with van der Waals surface area (Å²) in [5.74, 6) is 0.740. The van der Waals surface area contributed by atoms with Gasteiger partial charge in [-0.05, 0) is 62.9 Å². The zero-order valence-electron chi connectivity index (χ0n) is 28.6. The Bertz CT molecular complexity index is 1730. The number of aryl methyl sites for hydroxylation is 1. The second-order valence-corrected chi connectivity index (χ2v) is 16.6. The highest BCUT2D eigenvalue weighted by atomic mass is 32.2. The third-order valence-corrected chi connectivity index (χ3v) is 12.4. The number of sulfonamides is 1. The Balaban J connectivity index is 1.14. The molecule has 9 nitrogen and oxygen atoms in total. The molecule has 0 spiro atoms. The molecule has 1 amide bonds. The summed E-state index contributed by atoms with van der Waals surface area (Å²) >= 11 is 1.17. The van der Waals surface area contributed by atoms with E-state index < -0.39 is 21.8 Å². The molecule has 4 heterocycles. The van der Waals surface area contributed by atoms with Gasteiger partial charge in [-0.3, -0.25) is 9.48 Å². The summed E-state index contributed by atoms with van der Waals surface area (Å²) in [6, 6.07) is 14.5. The molecule has 50 heavy (non-hydrogen) atoms. The lowest BCUT2D eigenvalue weighted by Gasteiger charge is -2.36. The molecule has 0 radical (unpaired) electrons. The minimum Gasteiger partial charge on any atom is -0.340 e. The highest BCUT2D eigenvalue weighted by Crippen LogP contribution is 2.40. The first kappa shape index (κ1) is 36.9. The first-order valence-corrected chi connectivity index (χ1v) is 20.5. The summed E-state index contributed by atoms with van der Waals surface area (Å²) in [7, 11) is -3.47. The van der Waals surface area contributed by atoms with Crippen molar-refractivity contribution in [2.24, 2.45) is 0 Å². The van der Waals surface area contributed by atoms with Gasteiger partial charge in [-0.15, -0.1) is 11.8 Å². The van der Waals surface area contributed by atoms with E-state index >= 15 is 0 Å². The molecule has 3 aliphatic heterocycles. The van der Waals surface area contributed by atoms with Crippen LogP contribution in [0.1, 0.15) is 54.5 Å². The Hall–Kier alpha value is -2.91. The topological polar surface area (TPSA) is 90.8 Å². The van der Waals surface area contributed by atoms with Gasteiger partial charge >= 0.3 is 6.18 Å². The Morgan fingerprint density at radius 2 is 1.76 bits per heavy atom. The number of hydrogen-bond donors (Lipinski definition) is 1. The lowest BCUT2D eigenvalue weighted by Crippen LogP contribution is -2.45. The SMILES string of the molecule is CS(=O)(=O)N1CCc2c(c(-c3ccc(C(F)(F)F)c(SCCNCCc4ccccc4)c3)nn2CCCN2CCC(N3CCCC3=O)CC2)C1. The number of benzene rings is 2. The molecule has 2 aromatic carbocycles. The summed E-state index contributed by atoms with van der Waals surface area (Å²) < 4.78 is 70.8. The van der Waals surface area contributed by atoms with Crippen molar-refractivity contribution < 1.29 is 26.4 Å². The number of thioether (sulfide) groups is 1. The van der Waals surface area contributed by atoms with E-state index in [-0.39, 0.29) is 17.3 Å². The number of rotatable bonds is 14. The van der Waals surface area contributed by atoms with Crippen molar-refractivity contribution in [2.45, 2.75) is 75.1 Å². The molecule has 1 aromatic heterocycles. The number of piperidine rings is 1. The highest BCUT2D eigenvalue weighted by molar-refractivity contribution is 7.99. The Morgan fingerprint density at radius 3 is 2.46 bits per heavy atom. The standard InChI is InChI=1S/C36H47F3N6O3S2/c1-50(47,48)43-23-15-32-30(26-43)35(41-45(32)20-6-18-42-21-13-29(14-22-42)44-19-5-9-34(44)46)28-10-11-31(36(37,38)39)33(25-28)49-24-17-40-16-12-27-7-3-2-4-8-27/h2-4,7-8,10-11,25,29,40H,5-6,9,12-24,26H2,1H3. The number of carbonyl (C=O) groups excluding carboxylic acids is 1. The van der Waals surface area contributed by atoms with Gasteiger partial charge in [0.2, 0.25) is 15.9 Å². The summed E-state index contributed by atoms with van der Waals surface area (Å²) in [5.41, 5.74) is 3.33. The number of nitrogens with one attached hydrogen (secondary N) is 1. The van der Waals surface area contributed by atoms with Crippen LogP contribution in [0.2, 0.25) is 0 Å². The molecule has 2 fully saturated rings. The lowest BCUT2D eigenvalue weighted by atomic mass is 10.0. The number of hydrogen-bond acceptors (Lipinski definition) is 7. The van der Waals surface area contributed by atoms with Gasteiger partial charge in [0.15, 0.2) is 0 Å². The third-order valence-electron chi connectivity index (χ3n) is 10.1. The van der Waals surface area contributed by atoms with Crippen LogP contribution in [0.25, 0.3) is 11.3 Å². The molecule has 6 rings (SSSR count). The molecule has 0 aliphatic carbocycles. The van der Waals surface area contributed by atoms with Gasteiger partial charge in [0.05, 0.1) is 17.5 Å². The van der Waals surface area contributed by atoms with Crippen LogP contribution in [0.4, 0.5) is 13.2 Å². The van der Waals surface area contributed by atoms with Gasteiger partial charge in [-0.2, -0.15) is 22.6 Å². The zero-order valence-corrected chi connectivity index (χ0v) is 30.3. The second kappa shape index (κ2) is 16.2. The van der Waals surface area contributed by atoms with E-state index in [1.54, 1.807) is 6.07 Å². The van der Waals surface area contributed by atoms with Crippen molar-refractivity contribution in [2.75, 3.05) is 57.8 Å². The van der Waals surface area contributed by atoms with Crippen LogP contribution in [0, 0.1) is 0 Å². The van der Waals surface area contributed by atoms with Crippen molar-refractivity contribution in [1.29, 1.82) is 0 Å². The van der Waals surface area contributed by atoms with Crippen molar-refractivity contribution in [3.8, 4) is 11.3 Å². The highest BCUT2D eigenvalue weighted by Gasteiger charge is 2.35. The molecular weight excluding hydrogens is 686 g/mol. The van der Waals surface area contributed by atoms with Crippen LogP contribution in [-0.4, -0.2) is 102 Å². The van der Waals surface area contributed by atoms with Gasteiger partial charge in [0, 0.05) is 92.2 Å². The monoisotopic (exact) mass is 732 g/mol. The van der Waals surface area contributed by atoms with Crippen molar-refractivity contribution in [3.05, 3.63) is 70.9 Å². The number of aromatic nitrogens is 2. The fraction of sp³-hybridized carbons (Fsp3) is 0.556. The smallest absolute Gasteiger partial charge is 0.340 e. The van der Waals surface area contributed by atoms with Crippen LogP contribution in [-0.2, 0) is 46.9 Å². The van der Waals surface area contributed by atoms with Crippen molar-refractivity contribution in [1.82, 2.24) is 29.2 Å². The fourth-order valence-corrected chi connectivity index (χ4v) is 9.18. The van der Waals surface area contributed by atoms with Crippen LogP contribution >= 0.6 is 11.8 Å². The maximum Gasteiger partial charge on any atom is 0.417 e. The predicted octanol–water partition coefficient (Wildman–Crippen LogP) is 5.29. The van der Waals surface area contributed by atoms with E-state index in [0.29, 0.717) is 55.5 Å². The summed E-state index contributed by atoms with van der Waals surface area (Å²) in [6.07, 6.45) is 2.42. The fourth-order valence-electron chi connectivity index (χ4n) is 7.38. The minimum atomic E-state index is -4.51. The molecule has 1 N–H and O–H groups in total. The quantitative estimate of drug-likeness (QED) is 0.178. The molecule has 14 heteroatoms. The van der Waals surface area contributed by atoms with E-state index in [1.807, 2.05) is 22.9 Å².